The monoisotopic (exact) mass is 621 g/mol. The van der Waals surface area contributed by atoms with Crippen molar-refractivity contribution >= 4 is 35.9 Å². The quantitative estimate of drug-likeness (QED) is 0.346. The van der Waals surface area contributed by atoms with Gasteiger partial charge in [0.1, 0.15) is 0 Å². The molecule has 4 aliphatic rings. The maximum absolute atomic E-state index is 14.4. The molecule has 5 rings (SSSR count). The zero-order chi connectivity index (χ0) is 28.9. The number of fused-ring (bicyclic) bond motifs is 2. The summed E-state index contributed by atoms with van der Waals surface area (Å²) in [6.45, 7) is 5.65. The number of rotatable bonds is 9. The zero-order valence-electron chi connectivity index (χ0n) is 25.7. The van der Waals surface area contributed by atoms with Crippen LogP contribution in [-0.4, -0.2) is 82.0 Å². The lowest BCUT2D eigenvalue weighted by atomic mass is 9.88. The Kier molecular flexibility index (Phi) is 12.3. The molecule has 2 heterocycles. The highest BCUT2D eigenvalue weighted by atomic mass is 35.5. The molecule has 0 aromatic heterocycles. The van der Waals surface area contributed by atoms with E-state index in [1.807, 2.05) is 29.2 Å². The molecular weight excluding hydrogens is 569 g/mol. The Morgan fingerprint density at radius 3 is 2.07 bits per heavy atom. The van der Waals surface area contributed by atoms with E-state index in [-0.39, 0.29) is 54.6 Å². The second-order valence-corrected chi connectivity index (χ2v) is 13.5. The smallest absolute Gasteiger partial charge is 0.320 e. The fourth-order valence-corrected chi connectivity index (χ4v) is 8.31. The molecule has 0 spiro atoms. The molecule has 2 aliphatic heterocycles. The third kappa shape index (κ3) is 7.75. The highest BCUT2D eigenvalue weighted by molar-refractivity contribution is 6.30. The Labute approximate surface area is 264 Å². The number of piperidine rings is 1. The first-order valence-corrected chi connectivity index (χ1v) is 16.9. The average Bonchev–Trinajstić information content (AvgIpc) is 3.25. The van der Waals surface area contributed by atoms with Gasteiger partial charge in [0, 0.05) is 54.4 Å². The fraction of sp³-hybridized carbons (Fsp3) is 0.758. The molecular formula is C33H53Cl2N5O2. The minimum Gasteiger partial charge on any atom is -0.335 e. The van der Waals surface area contributed by atoms with Gasteiger partial charge in [-0.15, -0.1) is 12.4 Å². The second kappa shape index (κ2) is 15.5. The van der Waals surface area contributed by atoms with Crippen molar-refractivity contribution < 1.29 is 9.59 Å². The van der Waals surface area contributed by atoms with Gasteiger partial charge in [-0.3, -0.25) is 4.79 Å². The number of nitrogens with zero attached hydrogens (tertiary/aromatic N) is 3. The molecule has 1 aromatic rings. The third-order valence-corrected chi connectivity index (χ3v) is 10.7. The summed E-state index contributed by atoms with van der Waals surface area (Å²) in [7, 11) is 0. The lowest BCUT2D eigenvalue weighted by Gasteiger charge is -2.48. The van der Waals surface area contributed by atoms with Crippen molar-refractivity contribution in [3.63, 3.8) is 0 Å². The van der Waals surface area contributed by atoms with Gasteiger partial charge >= 0.3 is 6.03 Å². The standard InChI is InChI=1S/C33H52ClN5O2.ClH/c1-3-37(4-2)33(41)39(27-8-6-5-7-9-27)30-21-28-18-19-29(22-30)38(28)32(40)31(20-23-10-12-24(34)13-11-23)36-26-16-14-25(35)15-17-26;/h10-13,25-31,36H,3-9,14-22,35H2,1-2H3;1H/t25?,26?,28?,29?,30?,31-;/m1./s1. The molecule has 42 heavy (non-hydrogen) atoms. The van der Waals surface area contributed by atoms with Crippen LogP contribution in [0.4, 0.5) is 4.79 Å². The first-order valence-electron chi connectivity index (χ1n) is 16.5. The van der Waals surface area contributed by atoms with Crippen LogP contribution in [-0.2, 0) is 11.2 Å². The minimum absolute atomic E-state index is 0. The minimum atomic E-state index is -0.262. The molecule has 3 N–H and O–H groups in total. The molecule has 0 radical (unpaired) electrons. The number of nitrogens with two attached hydrogens (primary N) is 1. The van der Waals surface area contributed by atoms with Crippen LogP contribution in [0.3, 0.4) is 0 Å². The normalized spacial score (nSPS) is 28.6. The van der Waals surface area contributed by atoms with E-state index in [0.29, 0.717) is 23.5 Å². The zero-order valence-corrected chi connectivity index (χ0v) is 27.3. The number of carbonyl (C=O) groups is 2. The predicted octanol–water partition coefficient (Wildman–Crippen LogP) is 6.15. The SMILES string of the molecule is CCN(CC)C(=O)N(C1CCCCC1)C1CC2CCC(C1)N2C(=O)[C@@H](Cc1ccc(Cl)cc1)NC1CCC(N)CC1.Cl. The molecule has 2 bridgehead atoms. The number of hydrogen-bond acceptors (Lipinski definition) is 4. The van der Waals surface area contributed by atoms with E-state index in [2.05, 4.69) is 29.0 Å². The number of amides is 3. The van der Waals surface area contributed by atoms with Gasteiger partial charge in [-0.25, -0.2) is 4.79 Å². The molecule has 7 nitrogen and oxygen atoms in total. The van der Waals surface area contributed by atoms with Crippen molar-refractivity contribution in [3.8, 4) is 0 Å². The Balaban J connectivity index is 0.00000405. The van der Waals surface area contributed by atoms with Gasteiger partial charge in [-0.1, -0.05) is 43.0 Å². The molecule has 3 atom stereocenters. The van der Waals surface area contributed by atoms with E-state index in [0.717, 1.165) is 82.9 Å². The van der Waals surface area contributed by atoms with Gasteiger partial charge in [-0.05, 0) is 102 Å². The van der Waals surface area contributed by atoms with Gasteiger partial charge in [0.2, 0.25) is 5.91 Å². The summed E-state index contributed by atoms with van der Waals surface area (Å²) in [6, 6.07) is 9.43. The van der Waals surface area contributed by atoms with Crippen molar-refractivity contribution in [1.29, 1.82) is 0 Å². The van der Waals surface area contributed by atoms with Crippen molar-refractivity contribution in [2.75, 3.05) is 13.1 Å². The van der Waals surface area contributed by atoms with Gasteiger partial charge in [0.25, 0.3) is 0 Å². The predicted molar refractivity (Wildman–Crippen MR) is 173 cm³/mol. The summed E-state index contributed by atoms with van der Waals surface area (Å²) in [4.78, 5) is 34.8. The lowest BCUT2D eigenvalue weighted by Crippen LogP contribution is -2.61. The summed E-state index contributed by atoms with van der Waals surface area (Å²) in [5.74, 6) is 0.236. The molecule has 9 heteroatoms. The summed E-state index contributed by atoms with van der Waals surface area (Å²) >= 11 is 6.17. The Hall–Kier alpha value is -1.54. The molecule has 1 aromatic carbocycles. The Morgan fingerprint density at radius 1 is 0.905 bits per heavy atom. The van der Waals surface area contributed by atoms with Crippen LogP contribution in [0.2, 0.25) is 5.02 Å². The molecule has 3 amide bonds. The average molecular weight is 623 g/mol. The molecule has 236 valence electrons. The maximum Gasteiger partial charge on any atom is 0.320 e. The van der Waals surface area contributed by atoms with Crippen molar-refractivity contribution in [2.24, 2.45) is 5.73 Å². The number of hydrogen-bond donors (Lipinski definition) is 2. The van der Waals surface area contributed by atoms with Crippen LogP contribution in [0.15, 0.2) is 24.3 Å². The van der Waals surface area contributed by atoms with E-state index in [4.69, 9.17) is 17.3 Å². The van der Waals surface area contributed by atoms with Gasteiger partial charge < -0.3 is 25.8 Å². The van der Waals surface area contributed by atoms with Crippen molar-refractivity contribution in [2.45, 2.75) is 146 Å². The fourth-order valence-electron chi connectivity index (χ4n) is 8.19. The maximum atomic E-state index is 14.4. The number of halogens is 2. The van der Waals surface area contributed by atoms with Crippen LogP contribution in [0.5, 0.6) is 0 Å². The number of carbonyl (C=O) groups excluding carboxylic acids is 2. The number of nitrogens with one attached hydrogen (secondary N) is 1. The van der Waals surface area contributed by atoms with Crippen LogP contribution in [0.1, 0.15) is 103 Å². The second-order valence-electron chi connectivity index (χ2n) is 13.1. The number of benzene rings is 1. The summed E-state index contributed by atoms with van der Waals surface area (Å²) in [5.41, 5.74) is 7.32. The summed E-state index contributed by atoms with van der Waals surface area (Å²) in [6.07, 6.45) is 14.5. The molecule has 2 saturated heterocycles. The van der Waals surface area contributed by atoms with E-state index < -0.39 is 0 Å². The molecule has 2 aliphatic carbocycles. The Morgan fingerprint density at radius 2 is 1.50 bits per heavy atom. The molecule has 4 fully saturated rings. The van der Waals surface area contributed by atoms with E-state index in [9.17, 15) is 9.59 Å². The van der Waals surface area contributed by atoms with Gasteiger partial charge in [-0.2, -0.15) is 0 Å². The number of urea groups is 1. The highest BCUT2D eigenvalue weighted by Crippen LogP contribution is 2.40. The Bertz CT molecular complexity index is 994. The van der Waals surface area contributed by atoms with Crippen molar-refractivity contribution in [3.05, 3.63) is 34.9 Å². The first-order chi connectivity index (χ1) is 19.9. The van der Waals surface area contributed by atoms with Crippen molar-refractivity contribution in [1.82, 2.24) is 20.0 Å². The van der Waals surface area contributed by atoms with Crippen LogP contribution in [0, 0.1) is 0 Å². The van der Waals surface area contributed by atoms with Crippen LogP contribution >= 0.6 is 24.0 Å². The molecule has 2 unspecified atom stereocenters. The van der Waals surface area contributed by atoms with Crippen LogP contribution in [0.25, 0.3) is 0 Å². The molecule has 2 saturated carbocycles. The third-order valence-electron chi connectivity index (χ3n) is 10.4. The first kappa shape index (κ1) is 33.4. The summed E-state index contributed by atoms with van der Waals surface area (Å²) < 4.78 is 0. The van der Waals surface area contributed by atoms with E-state index in [1.54, 1.807) is 0 Å². The van der Waals surface area contributed by atoms with Gasteiger partial charge in [0.05, 0.1) is 6.04 Å². The van der Waals surface area contributed by atoms with E-state index >= 15 is 0 Å². The highest BCUT2D eigenvalue weighted by Gasteiger charge is 2.48. The van der Waals surface area contributed by atoms with Crippen LogP contribution < -0.4 is 11.1 Å². The van der Waals surface area contributed by atoms with E-state index in [1.165, 1.54) is 19.3 Å². The summed E-state index contributed by atoms with van der Waals surface area (Å²) in [5, 5.41) is 4.50. The van der Waals surface area contributed by atoms with Gasteiger partial charge in [0.15, 0.2) is 0 Å². The topological polar surface area (TPSA) is 81.9 Å². The largest absolute Gasteiger partial charge is 0.335 e. The lowest BCUT2D eigenvalue weighted by molar-refractivity contribution is -0.139.